The van der Waals surface area contributed by atoms with E-state index in [4.69, 9.17) is 14.2 Å². The molecule has 0 N–H and O–H groups in total. The zero-order valence-corrected chi connectivity index (χ0v) is 23.5. The first-order valence-corrected chi connectivity index (χ1v) is 13.8. The second kappa shape index (κ2) is 14.9. The zero-order chi connectivity index (χ0) is 28.2. The molecule has 40 heavy (non-hydrogen) atoms. The third kappa shape index (κ3) is 8.74. The lowest BCUT2D eigenvalue weighted by molar-refractivity contribution is -0.132. The van der Waals surface area contributed by atoms with Gasteiger partial charge in [0.2, 0.25) is 5.91 Å². The molecule has 8 nitrogen and oxygen atoms in total. The van der Waals surface area contributed by atoms with E-state index in [1.807, 2.05) is 83.8 Å². The summed E-state index contributed by atoms with van der Waals surface area (Å²) in [7, 11) is 3.29. The number of carbonyl (C=O) groups excluding carboxylic acids is 2. The van der Waals surface area contributed by atoms with Gasteiger partial charge in [0, 0.05) is 45.7 Å². The molecule has 0 aliphatic carbocycles. The molecule has 3 aromatic rings. The molecule has 212 valence electrons. The van der Waals surface area contributed by atoms with Crippen LogP contribution in [0.25, 0.3) is 0 Å². The number of piperazine rings is 1. The Kier molecular flexibility index (Phi) is 10.8. The Hall–Kier alpha value is -4.04. The van der Waals surface area contributed by atoms with E-state index in [-0.39, 0.29) is 18.6 Å². The summed E-state index contributed by atoms with van der Waals surface area (Å²) >= 11 is 0. The van der Waals surface area contributed by atoms with E-state index in [1.165, 1.54) is 0 Å². The topological polar surface area (TPSA) is 71.6 Å². The van der Waals surface area contributed by atoms with Gasteiger partial charge in [-0.1, -0.05) is 54.6 Å². The highest BCUT2D eigenvalue weighted by Crippen LogP contribution is 2.18. The Balaban J connectivity index is 1.24. The van der Waals surface area contributed by atoms with Crippen LogP contribution in [0.2, 0.25) is 0 Å². The van der Waals surface area contributed by atoms with Crippen molar-refractivity contribution in [2.75, 3.05) is 46.9 Å². The zero-order valence-electron chi connectivity index (χ0n) is 23.5. The van der Waals surface area contributed by atoms with Crippen LogP contribution in [0, 0.1) is 0 Å². The van der Waals surface area contributed by atoms with Crippen molar-refractivity contribution in [2.24, 2.45) is 0 Å². The summed E-state index contributed by atoms with van der Waals surface area (Å²) in [6, 6.07) is 25.4. The molecule has 0 spiro atoms. The number of ether oxygens (including phenoxy) is 3. The molecule has 0 radical (unpaired) electrons. The van der Waals surface area contributed by atoms with E-state index in [9.17, 15) is 9.59 Å². The van der Waals surface area contributed by atoms with Gasteiger partial charge in [0.15, 0.2) is 0 Å². The van der Waals surface area contributed by atoms with Crippen LogP contribution in [-0.4, -0.2) is 73.6 Å². The van der Waals surface area contributed by atoms with Crippen LogP contribution >= 0.6 is 0 Å². The third-order valence-corrected chi connectivity index (χ3v) is 7.12. The normalized spacial score (nSPS) is 13.5. The van der Waals surface area contributed by atoms with E-state index in [2.05, 4.69) is 4.90 Å². The van der Waals surface area contributed by atoms with Crippen molar-refractivity contribution in [3.63, 3.8) is 0 Å². The van der Waals surface area contributed by atoms with Crippen LogP contribution in [0.5, 0.6) is 11.5 Å². The molecule has 4 rings (SSSR count). The lowest BCUT2D eigenvalue weighted by Crippen LogP contribution is -2.49. The summed E-state index contributed by atoms with van der Waals surface area (Å²) in [4.78, 5) is 31.8. The first kappa shape index (κ1) is 29.0. The fraction of sp³-hybridized carbons (Fsp3) is 0.375. The number of rotatable bonds is 12. The third-order valence-electron chi connectivity index (χ3n) is 7.12. The molecule has 0 saturated carbocycles. The maximum absolute atomic E-state index is 13.4. The van der Waals surface area contributed by atoms with Gasteiger partial charge < -0.3 is 24.0 Å². The van der Waals surface area contributed by atoms with E-state index >= 15 is 0 Å². The van der Waals surface area contributed by atoms with Gasteiger partial charge in [0.05, 0.1) is 14.2 Å². The minimum absolute atomic E-state index is 0.120. The maximum atomic E-state index is 13.4. The van der Waals surface area contributed by atoms with Crippen LogP contribution in [0.15, 0.2) is 78.9 Å². The fourth-order valence-corrected chi connectivity index (χ4v) is 4.71. The second-order valence-corrected chi connectivity index (χ2v) is 9.92. The van der Waals surface area contributed by atoms with Crippen LogP contribution in [0.3, 0.4) is 0 Å². The molecule has 1 heterocycles. The Labute approximate surface area is 237 Å². The molecule has 0 atom stereocenters. The van der Waals surface area contributed by atoms with Gasteiger partial charge in [0.25, 0.3) is 0 Å². The standard InChI is InChI=1S/C32H39N3O5/c1-38-29-14-10-26(11-15-29)23-35(24-27-12-16-30(39-2)17-13-27)31(36)9-6-18-33-19-21-34(22-20-33)32(37)40-25-28-7-4-3-5-8-28/h3-5,7-8,10-17H,6,9,18-25H2,1-2H3. The molecule has 0 unspecified atom stereocenters. The minimum Gasteiger partial charge on any atom is -0.497 e. The highest BCUT2D eigenvalue weighted by Gasteiger charge is 2.22. The number of hydrogen-bond acceptors (Lipinski definition) is 6. The van der Waals surface area contributed by atoms with Gasteiger partial charge in [-0.3, -0.25) is 9.69 Å². The predicted molar refractivity (Wildman–Crippen MR) is 154 cm³/mol. The lowest BCUT2D eigenvalue weighted by Gasteiger charge is -2.34. The maximum Gasteiger partial charge on any atom is 0.410 e. The van der Waals surface area contributed by atoms with Crippen LogP contribution in [0.1, 0.15) is 29.5 Å². The van der Waals surface area contributed by atoms with Crippen molar-refractivity contribution < 1.29 is 23.8 Å². The second-order valence-electron chi connectivity index (χ2n) is 9.92. The fourth-order valence-electron chi connectivity index (χ4n) is 4.71. The molecule has 3 aromatic carbocycles. The summed E-state index contributed by atoms with van der Waals surface area (Å²) < 4.78 is 16.0. The Morgan fingerprint density at radius 3 is 1.80 bits per heavy atom. The van der Waals surface area contributed by atoms with Crippen molar-refractivity contribution in [3.05, 3.63) is 95.6 Å². The van der Waals surface area contributed by atoms with E-state index in [0.29, 0.717) is 32.6 Å². The number of amides is 2. The number of hydrogen-bond donors (Lipinski definition) is 0. The van der Waals surface area contributed by atoms with E-state index < -0.39 is 0 Å². The van der Waals surface area contributed by atoms with Gasteiger partial charge in [0.1, 0.15) is 18.1 Å². The van der Waals surface area contributed by atoms with E-state index in [0.717, 1.165) is 54.2 Å². The van der Waals surface area contributed by atoms with Gasteiger partial charge in [-0.25, -0.2) is 4.79 Å². The highest BCUT2D eigenvalue weighted by molar-refractivity contribution is 5.76. The number of methoxy groups -OCH3 is 2. The first-order valence-electron chi connectivity index (χ1n) is 13.8. The van der Waals surface area contributed by atoms with Crippen LogP contribution < -0.4 is 9.47 Å². The summed E-state index contributed by atoms with van der Waals surface area (Å²) in [6.07, 6.45) is 0.955. The molecule has 8 heteroatoms. The quantitative estimate of drug-likeness (QED) is 0.320. The van der Waals surface area contributed by atoms with E-state index in [1.54, 1.807) is 19.1 Å². The molecular weight excluding hydrogens is 506 g/mol. The van der Waals surface area contributed by atoms with Crippen molar-refractivity contribution in [3.8, 4) is 11.5 Å². The first-order chi connectivity index (χ1) is 19.5. The predicted octanol–water partition coefficient (Wildman–Crippen LogP) is 4.97. The van der Waals surface area contributed by atoms with Gasteiger partial charge in [-0.05, 0) is 53.9 Å². The highest BCUT2D eigenvalue weighted by atomic mass is 16.6. The number of benzene rings is 3. The largest absolute Gasteiger partial charge is 0.497 e. The molecule has 1 aliphatic heterocycles. The SMILES string of the molecule is COc1ccc(CN(Cc2ccc(OC)cc2)C(=O)CCCN2CCN(C(=O)OCc3ccccc3)CC2)cc1. The molecule has 1 aliphatic rings. The van der Waals surface area contributed by atoms with Crippen molar-refractivity contribution in [1.82, 2.24) is 14.7 Å². The smallest absolute Gasteiger partial charge is 0.410 e. The minimum atomic E-state index is -0.272. The number of nitrogens with zero attached hydrogens (tertiary/aromatic N) is 3. The van der Waals surface area contributed by atoms with Gasteiger partial charge >= 0.3 is 6.09 Å². The molecule has 0 bridgehead atoms. The lowest BCUT2D eigenvalue weighted by atomic mass is 10.1. The molecule has 2 amide bonds. The summed E-state index contributed by atoms with van der Waals surface area (Å²) in [5, 5.41) is 0. The molecule has 1 fully saturated rings. The molecule has 1 saturated heterocycles. The van der Waals surface area contributed by atoms with Crippen molar-refractivity contribution in [1.29, 1.82) is 0 Å². The Morgan fingerprint density at radius 2 is 1.27 bits per heavy atom. The average Bonchev–Trinajstić information content (AvgIpc) is 3.01. The Bertz CT molecular complexity index is 1140. The van der Waals surface area contributed by atoms with Crippen LogP contribution in [-0.2, 0) is 29.2 Å². The van der Waals surface area contributed by atoms with Crippen molar-refractivity contribution >= 4 is 12.0 Å². The summed E-state index contributed by atoms with van der Waals surface area (Å²) in [5.74, 6) is 1.71. The Morgan fingerprint density at radius 1 is 0.725 bits per heavy atom. The van der Waals surface area contributed by atoms with Crippen LogP contribution in [0.4, 0.5) is 4.79 Å². The molecular formula is C32H39N3O5. The van der Waals surface area contributed by atoms with Crippen molar-refractivity contribution in [2.45, 2.75) is 32.5 Å². The summed E-state index contributed by atoms with van der Waals surface area (Å²) in [5.41, 5.74) is 3.09. The monoisotopic (exact) mass is 545 g/mol. The number of carbonyl (C=O) groups is 2. The summed E-state index contributed by atoms with van der Waals surface area (Å²) in [6.45, 7) is 4.96. The van der Waals surface area contributed by atoms with Gasteiger partial charge in [-0.15, -0.1) is 0 Å². The average molecular weight is 546 g/mol. The van der Waals surface area contributed by atoms with Gasteiger partial charge in [-0.2, -0.15) is 0 Å². The molecule has 0 aromatic heterocycles.